The Balaban J connectivity index is 2.67. The maximum atomic E-state index is 12.0. The lowest BCUT2D eigenvalue weighted by Gasteiger charge is -2.39. The average Bonchev–Trinajstić information content (AvgIpc) is 2.34. The van der Waals surface area contributed by atoms with E-state index in [9.17, 15) is 9.59 Å². The molecule has 0 N–H and O–H groups in total. The number of hydrogen-bond donors (Lipinski definition) is 0. The highest BCUT2D eigenvalue weighted by molar-refractivity contribution is 5.69. The van der Waals surface area contributed by atoms with Crippen LogP contribution in [0.2, 0.25) is 0 Å². The fourth-order valence-corrected chi connectivity index (χ4v) is 2.32. The maximum absolute atomic E-state index is 12.0. The molecule has 0 saturated carbocycles. The zero-order chi connectivity index (χ0) is 16.1. The molecule has 0 aromatic carbocycles. The molecule has 1 amide bonds. The Morgan fingerprint density at radius 1 is 1.24 bits per heavy atom. The topological polar surface area (TPSA) is 55.8 Å². The Bertz CT molecular complexity index is 401. The maximum Gasteiger partial charge on any atom is 0.410 e. The highest BCUT2D eigenvalue weighted by atomic mass is 16.6. The first-order chi connectivity index (χ1) is 9.67. The van der Waals surface area contributed by atoms with E-state index in [-0.39, 0.29) is 12.1 Å². The van der Waals surface area contributed by atoms with Crippen molar-refractivity contribution < 1.29 is 19.1 Å². The van der Waals surface area contributed by atoms with E-state index >= 15 is 0 Å². The fourth-order valence-electron chi connectivity index (χ4n) is 2.32. The van der Waals surface area contributed by atoms with E-state index in [2.05, 4.69) is 0 Å². The van der Waals surface area contributed by atoms with Gasteiger partial charge in [0.15, 0.2) is 0 Å². The average molecular weight is 297 g/mol. The van der Waals surface area contributed by atoms with Crippen LogP contribution in [0, 0.1) is 0 Å². The summed E-state index contributed by atoms with van der Waals surface area (Å²) in [4.78, 5) is 25.0. The minimum atomic E-state index is -0.583. The van der Waals surface area contributed by atoms with Crippen LogP contribution in [0.25, 0.3) is 0 Å². The van der Waals surface area contributed by atoms with Gasteiger partial charge in [0.2, 0.25) is 0 Å². The lowest BCUT2D eigenvalue weighted by atomic mass is 9.90. The molecule has 120 valence electrons. The Morgan fingerprint density at radius 2 is 1.81 bits per heavy atom. The third-order valence-corrected chi connectivity index (χ3v) is 3.27. The van der Waals surface area contributed by atoms with Crippen molar-refractivity contribution in [3.05, 3.63) is 12.2 Å². The van der Waals surface area contributed by atoms with E-state index in [0.29, 0.717) is 25.9 Å². The minimum absolute atomic E-state index is 0.290. The molecule has 1 saturated heterocycles. The first-order valence-electron chi connectivity index (χ1n) is 7.53. The van der Waals surface area contributed by atoms with Gasteiger partial charge in [0.1, 0.15) is 11.2 Å². The smallest absolute Gasteiger partial charge is 0.410 e. The minimum Gasteiger partial charge on any atom is -0.455 e. The van der Waals surface area contributed by atoms with Gasteiger partial charge in [0, 0.05) is 32.9 Å². The molecule has 0 radical (unpaired) electrons. The van der Waals surface area contributed by atoms with Gasteiger partial charge in [-0.15, -0.1) is 0 Å². The number of rotatable bonds is 3. The lowest BCUT2D eigenvalue weighted by Crippen LogP contribution is -2.49. The molecular weight excluding hydrogens is 270 g/mol. The second kappa shape index (κ2) is 6.96. The van der Waals surface area contributed by atoms with Gasteiger partial charge >= 0.3 is 12.1 Å². The molecule has 1 aliphatic heterocycles. The van der Waals surface area contributed by atoms with Crippen molar-refractivity contribution in [3.63, 3.8) is 0 Å². The predicted molar refractivity (Wildman–Crippen MR) is 81.0 cm³/mol. The van der Waals surface area contributed by atoms with E-state index in [1.165, 1.54) is 6.92 Å². The number of carbonyl (C=O) groups excluding carboxylic acids is 2. The summed E-state index contributed by atoms with van der Waals surface area (Å²) in [6.07, 6.45) is 5.74. The molecule has 1 aliphatic rings. The number of hydrogen-bond acceptors (Lipinski definition) is 4. The van der Waals surface area contributed by atoms with Crippen LogP contribution in [0.4, 0.5) is 4.79 Å². The Hall–Kier alpha value is -1.52. The van der Waals surface area contributed by atoms with E-state index < -0.39 is 11.2 Å². The lowest BCUT2D eigenvalue weighted by molar-refractivity contribution is -0.155. The molecule has 0 unspecified atom stereocenters. The molecule has 0 atom stereocenters. The number of piperidine rings is 1. The van der Waals surface area contributed by atoms with Gasteiger partial charge in [-0.2, -0.15) is 0 Å². The van der Waals surface area contributed by atoms with Crippen LogP contribution >= 0.6 is 0 Å². The van der Waals surface area contributed by atoms with Crippen molar-refractivity contribution in [1.82, 2.24) is 4.90 Å². The van der Waals surface area contributed by atoms with Gasteiger partial charge in [0.05, 0.1) is 0 Å². The van der Waals surface area contributed by atoms with Gasteiger partial charge in [-0.25, -0.2) is 4.79 Å². The molecule has 5 heteroatoms. The van der Waals surface area contributed by atoms with Gasteiger partial charge in [-0.3, -0.25) is 4.79 Å². The van der Waals surface area contributed by atoms with Crippen LogP contribution < -0.4 is 0 Å². The molecule has 5 nitrogen and oxygen atoms in total. The molecule has 21 heavy (non-hydrogen) atoms. The first-order valence-corrected chi connectivity index (χ1v) is 7.53. The van der Waals surface area contributed by atoms with Crippen molar-refractivity contribution in [3.8, 4) is 0 Å². The number of likely N-dealkylation sites (tertiary alicyclic amines) is 1. The highest BCUT2D eigenvalue weighted by Gasteiger charge is 2.37. The van der Waals surface area contributed by atoms with Gasteiger partial charge in [0.25, 0.3) is 0 Å². The van der Waals surface area contributed by atoms with Crippen molar-refractivity contribution in [2.24, 2.45) is 0 Å². The van der Waals surface area contributed by atoms with Crippen LogP contribution in [-0.2, 0) is 14.3 Å². The molecule has 0 aromatic heterocycles. The Morgan fingerprint density at radius 3 is 2.24 bits per heavy atom. The molecule has 1 fully saturated rings. The molecule has 0 bridgehead atoms. The van der Waals surface area contributed by atoms with Crippen molar-refractivity contribution >= 4 is 12.1 Å². The van der Waals surface area contributed by atoms with E-state index in [1.54, 1.807) is 4.90 Å². The summed E-state index contributed by atoms with van der Waals surface area (Å²) in [5, 5.41) is 0. The molecular formula is C16H27NO4. The third kappa shape index (κ3) is 5.78. The van der Waals surface area contributed by atoms with Gasteiger partial charge < -0.3 is 14.4 Å². The molecule has 0 aliphatic carbocycles. The van der Waals surface area contributed by atoms with Gasteiger partial charge in [-0.05, 0) is 33.3 Å². The largest absolute Gasteiger partial charge is 0.455 e. The Labute approximate surface area is 127 Å². The summed E-state index contributed by atoms with van der Waals surface area (Å²) in [5.41, 5.74) is -1.08. The molecule has 1 heterocycles. The normalized spacial score (nSPS) is 18.6. The molecule has 1 rings (SSSR count). The highest BCUT2D eigenvalue weighted by Crippen LogP contribution is 2.29. The monoisotopic (exact) mass is 297 g/mol. The zero-order valence-electron chi connectivity index (χ0n) is 13.8. The SMILES string of the molecule is CC/C=C/C1(OC(C)=O)CCN(C(=O)OC(C)(C)C)CC1. The van der Waals surface area contributed by atoms with Crippen molar-refractivity contribution in [2.75, 3.05) is 13.1 Å². The third-order valence-electron chi connectivity index (χ3n) is 3.27. The quantitative estimate of drug-likeness (QED) is 0.592. The van der Waals surface area contributed by atoms with E-state index in [0.717, 1.165) is 6.42 Å². The van der Waals surface area contributed by atoms with Crippen LogP contribution in [0.1, 0.15) is 53.9 Å². The summed E-state index contributed by atoms with van der Waals surface area (Å²) in [6, 6.07) is 0. The second-order valence-corrected chi connectivity index (χ2v) is 6.44. The summed E-state index contributed by atoms with van der Waals surface area (Å²) < 4.78 is 10.9. The Kier molecular flexibility index (Phi) is 5.81. The number of allylic oxidation sites excluding steroid dienone is 1. The summed E-state index contributed by atoms with van der Waals surface area (Å²) >= 11 is 0. The van der Waals surface area contributed by atoms with Crippen molar-refractivity contribution in [1.29, 1.82) is 0 Å². The van der Waals surface area contributed by atoms with Crippen LogP contribution in [0.3, 0.4) is 0 Å². The standard InChI is InChI=1S/C16H27NO4/c1-6-7-8-16(20-13(2)18)9-11-17(12-10-16)14(19)21-15(3,4)5/h7-8H,6,9-12H2,1-5H3/b8-7+. The second-order valence-electron chi connectivity index (χ2n) is 6.44. The van der Waals surface area contributed by atoms with Gasteiger partial charge in [-0.1, -0.05) is 13.0 Å². The number of ether oxygens (including phenoxy) is 2. The summed E-state index contributed by atoms with van der Waals surface area (Å²) in [7, 11) is 0. The van der Waals surface area contributed by atoms with Crippen LogP contribution in [0.5, 0.6) is 0 Å². The van der Waals surface area contributed by atoms with E-state index in [1.807, 2.05) is 39.8 Å². The van der Waals surface area contributed by atoms with Crippen molar-refractivity contribution in [2.45, 2.75) is 65.1 Å². The number of carbonyl (C=O) groups is 2. The predicted octanol–water partition coefficient (Wildman–Crippen LogP) is 3.29. The summed E-state index contributed by atoms with van der Waals surface area (Å²) in [5.74, 6) is -0.290. The van der Waals surface area contributed by atoms with Crippen LogP contribution in [-0.4, -0.2) is 41.3 Å². The van der Waals surface area contributed by atoms with Crippen LogP contribution in [0.15, 0.2) is 12.2 Å². The number of nitrogens with zero attached hydrogens (tertiary/aromatic N) is 1. The summed E-state index contributed by atoms with van der Waals surface area (Å²) in [6.45, 7) is 10.0. The van der Waals surface area contributed by atoms with E-state index in [4.69, 9.17) is 9.47 Å². The molecule has 0 aromatic rings. The number of amides is 1. The number of esters is 1. The first kappa shape index (κ1) is 17.5. The zero-order valence-corrected chi connectivity index (χ0v) is 13.8. The molecule has 0 spiro atoms. The fraction of sp³-hybridized carbons (Fsp3) is 0.750.